The van der Waals surface area contributed by atoms with Crippen LogP contribution < -0.4 is 5.32 Å². The van der Waals surface area contributed by atoms with Crippen molar-refractivity contribution in [2.75, 3.05) is 40.3 Å². The monoisotopic (exact) mass is 330 g/mol. The first-order valence-electron chi connectivity index (χ1n) is 9.32. The molecule has 1 heterocycles. The molecule has 0 atom stereocenters. The van der Waals surface area contributed by atoms with Crippen LogP contribution in [0, 0.1) is 12.8 Å². The van der Waals surface area contributed by atoms with Gasteiger partial charge < -0.3 is 15.1 Å². The lowest BCUT2D eigenvalue weighted by Crippen LogP contribution is -2.38. The average molecular weight is 331 g/mol. The molecule has 1 fully saturated rings. The third-order valence-corrected chi connectivity index (χ3v) is 5.00. The van der Waals surface area contributed by atoms with Gasteiger partial charge in [-0.05, 0) is 70.3 Å². The number of nitrogens with zero attached hydrogens (tertiary/aromatic N) is 3. The van der Waals surface area contributed by atoms with Crippen LogP contribution in [0.3, 0.4) is 0 Å². The van der Waals surface area contributed by atoms with E-state index in [9.17, 15) is 0 Å². The molecule has 1 aliphatic rings. The number of likely N-dealkylation sites (tertiary alicyclic amines) is 1. The summed E-state index contributed by atoms with van der Waals surface area (Å²) >= 11 is 0. The van der Waals surface area contributed by atoms with Crippen molar-refractivity contribution in [3.63, 3.8) is 0 Å². The van der Waals surface area contributed by atoms with Gasteiger partial charge in [-0.15, -0.1) is 0 Å². The molecule has 0 unspecified atom stereocenters. The van der Waals surface area contributed by atoms with Gasteiger partial charge >= 0.3 is 0 Å². The van der Waals surface area contributed by atoms with E-state index in [0.29, 0.717) is 0 Å². The quantitative estimate of drug-likeness (QED) is 0.642. The second-order valence-electron chi connectivity index (χ2n) is 7.05. The Kier molecular flexibility index (Phi) is 7.57. The van der Waals surface area contributed by atoms with Gasteiger partial charge in [0, 0.05) is 26.7 Å². The van der Waals surface area contributed by atoms with Crippen molar-refractivity contribution < 1.29 is 0 Å². The predicted octanol–water partition coefficient (Wildman–Crippen LogP) is 3.12. The highest BCUT2D eigenvalue weighted by atomic mass is 15.3. The minimum atomic E-state index is 0.842. The number of guanidine groups is 1. The van der Waals surface area contributed by atoms with Crippen LogP contribution in [0.4, 0.5) is 0 Å². The SMILES string of the molecule is CCNC(=NCCC1CCN(C)CC1)N(C)Cc1ccccc1C. The number of piperidine rings is 1. The molecule has 1 aliphatic heterocycles. The summed E-state index contributed by atoms with van der Waals surface area (Å²) in [4.78, 5) is 9.54. The zero-order valence-corrected chi connectivity index (χ0v) is 15.9. The topological polar surface area (TPSA) is 30.9 Å². The van der Waals surface area contributed by atoms with Gasteiger partial charge in [0.15, 0.2) is 5.96 Å². The van der Waals surface area contributed by atoms with Crippen LogP contribution in [0.1, 0.15) is 37.3 Å². The minimum Gasteiger partial charge on any atom is -0.357 e. The molecule has 4 nitrogen and oxygen atoms in total. The summed E-state index contributed by atoms with van der Waals surface area (Å²) < 4.78 is 0. The van der Waals surface area contributed by atoms with E-state index in [1.807, 2.05) is 0 Å². The molecule has 0 aromatic heterocycles. The molecule has 0 spiro atoms. The van der Waals surface area contributed by atoms with Crippen LogP contribution in [-0.2, 0) is 6.54 Å². The fourth-order valence-electron chi connectivity index (χ4n) is 3.29. The Labute approximate surface area is 147 Å². The van der Waals surface area contributed by atoms with Gasteiger partial charge in [0.1, 0.15) is 0 Å². The molecule has 1 aromatic carbocycles. The number of hydrogen-bond acceptors (Lipinski definition) is 2. The number of hydrogen-bond donors (Lipinski definition) is 1. The first kappa shape index (κ1) is 18.8. The van der Waals surface area contributed by atoms with Gasteiger partial charge in [0.05, 0.1) is 0 Å². The Bertz CT molecular complexity index is 518. The van der Waals surface area contributed by atoms with E-state index >= 15 is 0 Å². The Morgan fingerprint density at radius 2 is 2.00 bits per heavy atom. The molecule has 0 amide bonds. The van der Waals surface area contributed by atoms with Crippen molar-refractivity contribution >= 4 is 5.96 Å². The van der Waals surface area contributed by atoms with Crippen molar-refractivity contribution in [1.82, 2.24) is 15.1 Å². The van der Waals surface area contributed by atoms with E-state index in [2.05, 4.69) is 67.3 Å². The fourth-order valence-corrected chi connectivity index (χ4v) is 3.29. The lowest BCUT2D eigenvalue weighted by Gasteiger charge is -2.28. The Hall–Kier alpha value is -1.55. The third kappa shape index (κ3) is 5.82. The first-order chi connectivity index (χ1) is 11.6. The number of aliphatic imine (C=N–C) groups is 1. The molecular weight excluding hydrogens is 296 g/mol. The van der Waals surface area contributed by atoms with Gasteiger partial charge in [0.25, 0.3) is 0 Å². The highest BCUT2D eigenvalue weighted by Gasteiger charge is 2.16. The average Bonchev–Trinajstić information content (AvgIpc) is 2.58. The second kappa shape index (κ2) is 9.67. The lowest BCUT2D eigenvalue weighted by molar-refractivity contribution is 0.214. The summed E-state index contributed by atoms with van der Waals surface area (Å²) in [6.45, 7) is 9.51. The van der Waals surface area contributed by atoms with Crippen LogP contribution in [-0.4, -0.2) is 56.0 Å². The van der Waals surface area contributed by atoms with Crippen LogP contribution in [0.2, 0.25) is 0 Å². The fraction of sp³-hybridized carbons (Fsp3) is 0.650. The van der Waals surface area contributed by atoms with E-state index in [4.69, 9.17) is 4.99 Å². The first-order valence-corrected chi connectivity index (χ1v) is 9.32. The molecule has 0 aliphatic carbocycles. The zero-order valence-electron chi connectivity index (χ0n) is 15.9. The molecule has 0 bridgehead atoms. The van der Waals surface area contributed by atoms with Gasteiger partial charge in [0.2, 0.25) is 0 Å². The molecule has 24 heavy (non-hydrogen) atoms. The molecule has 1 N–H and O–H groups in total. The van der Waals surface area contributed by atoms with E-state index < -0.39 is 0 Å². The molecule has 0 saturated carbocycles. The summed E-state index contributed by atoms with van der Waals surface area (Å²) in [6, 6.07) is 8.58. The normalized spacial score (nSPS) is 17.1. The van der Waals surface area contributed by atoms with Gasteiger partial charge in [-0.3, -0.25) is 4.99 Å². The van der Waals surface area contributed by atoms with Crippen molar-refractivity contribution in [2.24, 2.45) is 10.9 Å². The standard InChI is InChI=1S/C20H34N4/c1-5-21-20(22-13-10-18-11-14-23(3)15-12-18)24(4)16-19-9-7-6-8-17(19)2/h6-9,18H,5,10-16H2,1-4H3,(H,21,22). The van der Waals surface area contributed by atoms with Gasteiger partial charge in [-0.1, -0.05) is 24.3 Å². The number of rotatable bonds is 6. The minimum absolute atomic E-state index is 0.842. The number of benzene rings is 1. The zero-order chi connectivity index (χ0) is 17.4. The van der Waals surface area contributed by atoms with E-state index in [0.717, 1.165) is 31.5 Å². The highest BCUT2D eigenvalue weighted by Crippen LogP contribution is 2.19. The van der Waals surface area contributed by atoms with Crippen LogP contribution in [0.5, 0.6) is 0 Å². The van der Waals surface area contributed by atoms with E-state index in [1.165, 1.54) is 43.5 Å². The van der Waals surface area contributed by atoms with Crippen LogP contribution in [0.25, 0.3) is 0 Å². The van der Waals surface area contributed by atoms with Crippen LogP contribution >= 0.6 is 0 Å². The maximum Gasteiger partial charge on any atom is 0.193 e. The molecule has 2 rings (SSSR count). The van der Waals surface area contributed by atoms with Crippen molar-refractivity contribution in [1.29, 1.82) is 0 Å². The molecule has 134 valence electrons. The Morgan fingerprint density at radius 1 is 1.29 bits per heavy atom. The molecule has 0 radical (unpaired) electrons. The second-order valence-corrected chi connectivity index (χ2v) is 7.05. The number of aryl methyl sites for hydroxylation is 1. The maximum absolute atomic E-state index is 4.87. The van der Waals surface area contributed by atoms with Crippen molar-refractivity contribution in [3.8, 4) is 0 Å². The summed E-state index contributed by atoms with van der Waals surface area (Å²) in [5.74, 6) is 1.86. The molecule has 4 heteroatoms. The molecule has 1 aromatic rings. The smallest absolute Gasteiger partial charge is 0.193 e. The van der Waals surface area contributed by atoms with Crippen LogP contribution in [0.15, 0.2) is 29.3 Å². The summed E-state index contributed by atoms with van der Waals surface area (Å²) in [6.07, 6.45) is 3.85. The number of nitrogens with one attached hydrogen (secondary N) is 1. The van der Waals surface area contributed by atoms with Crippen molar-refractivity contribution in [2.45, 2.75) is 39.7 Å². The Morgan fingerprint density at radius 3 is 2.67 bits per heavy atom. The molecule has 1 saturated heterocycles. The Balaban J connectivity index is 1.88. The third-order valence-electron chi connectivity index (χ3n) is 5.00. The van der Waals surface area contributed by atoms with E-state index in [-0.39, 0.29) is 0 Å². The lowest BCUT2D eigenvalue weighted by atomic mass is 9.94. The van der Waals surface area contributed by atoms with Gasteiger partial charge in [-0.2, -0.15) is 0 Å². The summed E-state index contributed by atoms with van der Waals surface area (Å²) in [5, 5.41) is 3.43. The van der Waals surface area contributed by atoms with E-state index in [1.54, 1.807) is 0 Å². The maximum atomic E-state index is 4.87. The summed E-state index contributed by atoms with van der Waals surface area (Å²) in [7, 11) is 4.35. The molecular formula is C20H34N4. The largest absolute Gasteiger partial charge is 0.357 e. The summed E-state index contributed by atoms with van der Waals surface area (Å²) in [5.41, 5.74) is 2.70. The van der Waals surface area contributed by atoms with Crippen molar-refractivity contribution in [3.05, 3.63) is 35.4 Å². The van der Waals surface area contributed by atoms with Gasteiger partial charge in [-0.25, -0.2) is 0 Å². The predicted molar refractivity (Wildman–Crippen MR) is 103 cm³/mol. The highest BCUT2D eigenvalue weighted by molar-refractivity contribution is 5.79.